The molecule has 4 atom stereocenters. The topological polar surface area (TPSA) is 33.2 Å². The molecule has 3 nitrogen and oxygen atoms in total. The van der Waals surface area contributed by atoms with Crippen molar-refractivity contribution in [1.29, 1.82) is 0 Å². The molecule has 4 unspecified atom stereocenters. The van der Waals surface area contributed by atoms with Gasteiger partial charge in [-0.15, -0.1) is 0 Å². The second-order valence-electron chi connectivity index (χ2n) is 5.32. The zero-order valence-electron chi connectivity index (χ0n) is 9.40. The Kier molecular flexibility index (Phi) is 1.95. The molecule has 0 aliphatic carbocycles. The van der Waals surface area contributed by atoms with E-state index in [1.807, 2.05) is 12.3 Å². The Hall–Kier alpha value is -0.930. The smallest absolute Gasteiger partial charge is 0.143 e. The fraction of sp³-hybridized carbons (Fsp3) is 0.538. The lowest BCUT2D eigenvalue weighted by molar-refractivity contribution is -0.126. The van der Waals surface area contributed by atoms with Gasteiger partial charge in [-0.25, -0.2) is 4.98 Å². The van der Waals surface area contributed by atoms with Crippen molar-refractivity contribution in [1.82, 2.24) is 9.88 Å². The molecule has 0 radical (unpaired) electrons. The van der Waals surface area contributed by atoms with Crippen molar-refractivity contribution in [2.45, 2.75) is 43.8 Å². The number of rotatable bonds is 0. The van der Waals surface area contributed by atoms with Gasteiger partial charge in [-0.1, -0.05) is 11.6 Å². The van der Waals surface area contributed by atoms with Crippen molar-refractivity contribution >= 4 is 17.4 Å². The molecule has 0 spiro atoms. The van der Waals surface area contributed by atoms with Crippen LogP contribution < -0.4 is 0 Å². The number of carbonyl (C=O) groups excluding carboxylic acids is 1. The van der Waals surface area contributed by atoms with Crippen molar-refractivity contribution in [3.8, 4) is 0 Å². The SMILES string of the molecule is O=C1CC2CCC3C1c1cnc(Cl)cc1CN23. The molecule has 88 valence electrons. The van der Waals surface area contributed by atoms with Gasteiger partial charge >= 0.3 is 0 Å². The van der Waals surface area contributed by atoms with Crippen LogP contribution in [0.4, 0.5) is 0 Å². The highest BCUT2D eigenvalue weighted by Gasteiger charge is 2.50. The van der Waals surface area contributed by atoms with Gasteiger partial charge in [-0.2, -0.15) is 0 Å². The number of carbonyl (C=O) groups is 1. The second-order valence-corrected chi connectivity index (χ2v) is 5.71. The Bertz CT molecular complexity index is 516. The number of pyridine rings is 1. The molecule has 3 aliphatic rings. The van der Waals surface area contributed by atoms with Gasteiger partial charge < -0.3 is 0 Å². The predicted octanol–water partition coefficient (Wildman–Crippen LogP) is 2.14. The van der Waals surface area contributed by atoms with E-state index in [4.69, 9.17) is 11.6 Å². The summed E-state index contributed by atoms with van der Waals surface area (Å²) in [6, 6.07) is 2.83. The van der Waals surface area contributed by atoms with Crippen LogP contribution in [-0.4, -0.2) is 27.8 Å². The molecule has 0 N–H and O–H groups in total. The van der Waals surface area contributed by atoms with E-state index >= 15 is 0 Å². The Balaban J connectivity index is 1.90. The van der Waals surface area contributed by atoms with Crippen LogP contribution in [0, 0.1) is 0 Å². The van der Waals surface area contributed by atoms with E-state index in [9.17, 15) is 4.79 Å². The lowest BCUT2D eigenvalue weighted by Gasteiger charge is -2.44. The van der Waals surface area contributed by atoms with Crippen molar-refractivity contribution in [3.05, 3.63) is 28.5 Å². The summed E-state index contributed by atoms with van der Waals surface area (Å²) in [5.74, 6) is 0.459. The van der Waals surface area contributed by atoms with Crippen molar-refractivity contribution in [2.75, 3.05) is 0 Å². The molecule has 0 aromatic carbocycles. The van der Waals surface area contributed by atoms with Crippen molar-refractivity contribution < 1.29 is 4.79 Å². The summed E-state index contributed by atoms with van der Waals surface area (Å²) in [5, 5.41) is 0.532. The summed E-state index contributed by atoms with van der Waals surface area (Å²) < 4.78 is 0. The van der Waals surface area contributed by atoms with Gasteiger partial charge in [0.2, 0.25) is 0 Å². The molecule has 3 aliphatic heterocycles. The third kappa shape index (κ3) is 1.27. The molecule has 4 bridgehead atoms. The summed E-state index contributed by atoms with van der Waals surface area (Å²) in [5.41, 5.74) is 2.33. The quantitative estimate of drug-likeness (QED) is 0.660. The third-order valence-electron chi connectivity index (χ3n) is 4.54. The molecular weight excluding hydrogens is 236 g/mol. The van der Waals surface area contributed by atoms with Gasteiger partial charge in [0.05, 0.1) is 5.92 Å². The van der Waals surface area contributed by atoms with E-state index in [0.717, 1.165) is 24.9 Å². The maximum Gasteiger partial charge on any atom is 0.143 e. The number of fused-ring (bicyclic) bond motifs is 2. The first-order valence-electron chi connectivity index (χ1n) is 6.17. The number of hydrogen-bond donors (Lipinski definition) is 0. The first-order valence-corrected chi connectivity index (χ1v) is 6.54. The maximum absolute atomic E-state index is 12.2. The normalized spacial score (nSPS) is 38.1. The van der Waals surface area contributed by atoms with Crippen LogP contribution in [0.3, 0.4) is 0 Å². The average Bonchev–Trinajstić information content (AvgIpc) is 2.58. The molecule has 0 saturated carbocycles. The Morgan fingerprint density at radius 2 is 2.29 bits per heavy atom. The lowest BCUT2D eigenvalue weighted by atomic mass is 9.78. The van der Waals surface area contributed by atoms with E-state index in [1.165, 1.54) is 12.0 Å². The first-order chi connectivity index (χ1) is 8.24. The van der Waals surface area contributed by atoms with E-state index in [1.54, 1.807) is 0 Å². The number of piperidine rings is 1. The van der Waals surface area contributed by atoms with Gasteiger partial charge in [0.15, 0.2) is 0 Å². The monoisotopic (exact) mass is 248 g/mol. The van der Waals surface area contributed by atoms with Crippen molar-refractivity contribution in [3.63, 3.8) is 0 Å². The van der Waals surface area contributed by atoms with Crippen LogP contribution in [0.1, 0.15) is 36.3 Å². The highest BCUT2D eigenvalue weighted by Crippen LogP contribution is 2.47. The van der Waals surface area contributed by atoms with Gasteiger partial charge in [-0.3, -0.25) is 9.69 Å². The molecule has 1 aromatic rings. The van der Waals surface area contributed by atoms with Crippen LogP contribution in [0.5, 0.6) is 0 Å². The fourth-order valence-electron chi connectivity index (χ4n) is 3.84. The van der Waals surface area contributed by atoms with Gasteiger partial charge in [0.1, 0.15) is 10.9 Å². The number of nitrogens with zero attached hydrogens (tertiary/aromatic N) is 2. The van der Waals surface area contributed by atoms with Crippen LogP contribution in [0.15, 0.2) is 12.3 Å². The molecule has 2 fully saturated rings. The average molecular weight is 249 g/mol. The first kappa shape index (κ1) is 10.0. The summed E-state index contributed by atoms with van der Waals surface area (Å²) in [6.45, 7) is 0.941. The molecule has 0 amide bonds. The van der Waals surface area contributed by atoms with E-state index in [-0.39, 0.29) is 5.92 Å². The molecule has 2 saturated heterocycles. The van der Waals surface area contributed by atoms with Gasteiger partial charge in [0.25, 0.3) is 0 Å². The minimum Gasteiger partial charge on any atom is -0.299 e. The van der Waals surface area contributed by atoms with Crippen LogP contribution in [0.2, 0.25) is 5.15 Å². The Morgan fingerprint density at radius 1 is 1.41 bits per heavy atom. The number of hydrogen-bond acceptors (Lipinski definition) is 3. The van der Waals surface area contributed by atoms with Crippen LogP contribution in [-0.2, 0) is 11.3 Å². The Labute approximate surface area is 105 Å². The summed E-state index contributed by atoms with van der Waals surface area (Å²) >= 11 is 5.94. The van der Waals surface area contributed by atoms with Crippen LogP contribution in [0.25, 0.3) is 0 Å². The highest BCUT2D eigenvalue weighted by molar-refractivity contribution is 6.29. The molecular formula is C13H13ClN2O. The molecule has 4 heterocycles. The minimum atomic E-state index is 0.0577. The second kappa shape index (κ2) is 3.30. The van der Waals surface area contributed by atoms with Gasteiger partial charge in [-0.05, 0) is 30.0 Å². The minimum absolute atomic E-state index is 0.0577. The lowest BCUT2D eigenvalue weighted by Crippen LogP contribution is -2.50. The molecule has 17 heavy (non-hydrogen) atoms. The summed E-state index contributed by atoms with van der Waals surface area (Å²) in [6.07, 6.45) is 4.87. The number of ketones is 1. The predicted molar refractivity (Wildman–Crippen MR) is 64.0 cm³/mol. The van der Waals surface area contributed by atoms with Gasteiger partial charge in [0, 0.05) is 31.2 Å². The number of halogens is 1. The number of Topliss-reactive ketones (excluding diaryl/α,β-unsaturated/α-hetero) is 1. The zero-order chi connectivity index (χ0) is 11.6. The Morgan fingerprint density at radius 3 is 3.18 bits per heavy atom. The van der Waals surface area contributed by atoms with E-state index in [2.05, 4.69) is 9.88 Å². The van der Waals surface area contributed by atoms with E-state index < -0.39 is 0 Å². The van der Waals surface area contributed by atoms with E-state index in [0.29, 0.717) is 23.0 Å². The standard InChI is InChI=1S/C13H13ClN2O/c14-12-3-7-6-16-8-1-2-10(16)13(11(17)4-8)9(7)5-15-12/h3,5,8,10,13H,1-2,4,6H2. The molecule has 4 heteroatoms. The van der Waals surface area contributed by atoms with Crippen LogP contribution >= 0.6 is 11.6 Å². The molecule has 4 rings (SSSR count). The fourth-order valence-corrected chi connectivity index (χ4v) is 4.02. The third-order valence-corrected chi connectivity index (χ3v) is 4.74. The highest BCUT2D eigenvalue weighted by atomic mass is 35.5. The maximum atomic E-state index is 12.2. The number of aromatic nitrogens is 1. The largest absolute Gasteiger partial charge is 0.299 e. The summed E-state index contributed by atoms with van der Waals surface area (Å²) in [4.78, 5) is 18.9. The molecule has 1 aromatic heterocycles. The van der Waals surface area contributed by atoms with Crippen molar-refractivity contribution in [2.24, 2.45) is 0 Å². The zero-order valence-corrected chi connectivity index (χ0v) is 10.2. The summed E-state index contributed by atoms with van der Waals surface area (Å²) in [7, 11) is 0.